The molecule has 0 bridgehead atoms. The molecule has 0 aliphatic heterocycles. The number of nitrogens with zero attached hydrogens (tertiary/aromatic N) is 3. The first-order valence-corrected chi connectivity index (χ1v) is 6.54. The second-order valence-corrected chi connectivity index (χ2v) is 5.28. The monoisotopic (exact) mass is 286 g/mol. The molecule has 19 heavy (non-hydrogen) atoms. The van der Waals surface area contributed by atoms with Crippen LogP contribution in [0.5, 0.6) is 0 Å². The van der Waals surface area contributed by atoms with Crippen molar-refractivity contribution in [1.82, 2.24) is 30.1 Å². The molecule has 0 aliphatic carbocycles. The van der Waals surface area contributed by atoms with Crippen molar-refractivity contribution in [3.63, 3.8) is 0 Å². The lowest BCUT2D eigenvalue weighted by molar-refractivity contribution is 0.0692. The third-order valence-corrected chi connectivity index (χ3v) is 3.79. The summed E-state index contributed by atoms with van der Waals surface area (Å²) in [6, 6.07) is -0.697. The fourth-order valence-corrected chi connectivity index (χ4v) is 2.70. The molecule has 11 heteroatoms. The number of aromatic amines is 2. The van der Waals surface area contributed by atoms with E-state index < -0.39 is 32.6 Å². The summed E-state index contributed by atoms with van der Waals surface area (Å²) < 4.78 is 26.3. The van der Waals surface area contributed by atoms with E-state index >= 15 is 0 Å². The molecular formula is C8H10N6O4S. The maximum atomic E-state index is 12.0. The minimum atomic E-state index is -4.05. The molecule has 2 aromatic heterocycles. The number of nitrogens with one attached hydrogen (secondary N) is 3. The molecule has 0 aliphatic rings. The van der Waals surface area contributed by atoms with E-state index in [0.717, 1.165) is 6.20 Å². The second-order valence-electron chi connectivity index (χ2n) is 3.63. The van der Waals surface area contributed by atoms with Crippen LogP contribution in [0.1, 0.15) is 29.1 Å². The zero-order valence-corrected chi connectivity index (χ0v) is 10.5. The molecule has 4 N–H and O–H groups in total. The van der Waals surface area contributed by atoms with Gasteiger partial charge in [0.05, 0.1) is 12.2 Å². The van der Waals surface area contributed by atoms with Crippen molar-refractivity contribution < 1.29 is 18.3 Å². The van der Waals surface area contributed by atoms with E-state index in [2.05, 4.69) is 30.1 Å². The normalized spacial score (nSPS) is 13.3. The van der Waals surface area contributed by atoms with Gasteiger partial charge in [-0.1, -0.05) is 0 Å². The Hall–Kier alpha value is -2.27. The van der Waals surface area contributed by atoms with Gasteiger partial charge >= 0.3 is 5.97 Å². The minimum absolute atomic E-state index is 0.306. The van der Waals surface area contributed by atoms with Gasteiger partial charge in [-0.3, -0.25) is 10.2 Å². The molecule has 2 aromatic rings. The van der Waals surface area contributed by atoms with Crippen LogP contribution in [0.2, 0.25) is 0 Å². The lowest BCUT2D eigenvalue weighted by Gasteiger charge is -2.10. The Morgan fingerprint density at radius 1 is 1.42 bits per heavy atom. The SMILES string of the molecule is CC(NS(=O)(=O)c1[nH]ncc1C(=O)O)c1ncn[nH]1. The fraction of sp³-hybridized carbons (Fsp3) is 0.250. The fourth-order valence-electron chi connectivity index (χ4n) is 1.40. The van der Waals surface area contributed by atoms with Gasteiger partial charge in [0.1, 0.15) is 17.7 Å². The first-order chi connectivity index (χ1) is 8.92. The zero-order chi connectivity index (χ0) is 14.0. The predicted molar refractivity (Wildman–Crippen MR) is 60.7 cm³/mol. The van der Waals surface area contributed by atoms with Gasteiger partial charge in [-0.15, -0.1) is 0 Å². The van der Waals surface area contributed by atoms with Crippen molar-refractivity contribution in [2.75, 3.05) is 0 Å². The van der Waals surface area contributed by atoms with E-state index in [1.165, 1.54) is 13.3 Å². The van der Waals surface area contributed by atoms with Crippen LogP contribution in [-0.4, -0.2) is 44.9 Å². The summed E-state index contributed by atoms with van der Waals surface area (Å²) in [7, 11) is -4.05. The molecule has 0 aromatic carbocycles. The third-order valence-electron chi connectivity index (χ3n) is 2.28. The van der Waals surface area contributed by atoms with E-state index in [-0.39, 0.29) is 0 Å². The highest BCUT2D eigenvalue weighted by Gasteiger charge is 2.27. The summed E-state index contributed by atoms with van der Waals surface area (Å²) in [5.74, 6) is -1.08. The van der Waals surface area contributed by atoms with Gasteiger partial charge in [0.25, 0.3) is 10.0 Å². The quantitative estimate of drug-likeness (QED) is 0.564. The Bertz CT molecular complexity index is 676. The van der Waals surface area contributed by atoms with Crippen molar-refractivity contribution in [2.24, 2.45) is 0 Å². The molecule has 0 spiro atoms. The molecule has 10 nitrogen and oxygen atoms in total. The molecule has 1 atom stereocenters. The standard InChI is InChI=1S/C8H10N6O4S/c1-4(6-9-3-11-12-6)14-19(17,18)7-5(8(15)16)2-10-13-7/h2-4,14H,1H3,(H,10,13)(H,15,16)(H,9,11,12). The van der Waals surface area contributed by atoms with E-state index in [4.69, 9.17) is 5.11 Å². The van der Waals surface area contributed by atoms with Crippen LogP contribution in [0.25, 0.3) is 0 Å². The summed E-state index contributed by atoms with van der Waals surface area (Å²) in [5.41, 5.74) is -0.433. The third kappa shape index (κ3) is 2.61. The van der Waals surface area contributed by atoms with Crippen LogP contribution < -0.4 is 4.72 Å². The summed E-state index contributed by atoms with van der Waals surface area (Å²) >= 11 is 0. The lowest BCUT2D eigenvalue weighted by atomic mass is 10.3. The smallest absolute Gasteiger partial charge is 0.340 e. The molecule has 1 unspecified atom stereocenters. The molecule has 0 saturated carbocycles. The van der Waals surface area contributed by atoms with Crippen LogP contribution in [0.4, 0.5) is 0 Å². The second kappa shape index (κ2) is 4.78. The zero-order valence-electron chi connectivity index (χ0n) is 9.65. The molecule has 2 rings (SSSR count). The van der Waals surface area contributed by atoms with Crippen molar-refractivity contribution in [3.05, 3.63) is 23.9 Å². The van der Waals surface area contributed by atoms with Gasteiger partial charge in [-0.2, -0.15) is 14.9 Å². The average Bonchev–Trinajstić information content (AvgIpc) is 3.00. The van der Waals surface area contributed by atoms with Gasteiger partial charge < -0.3 is 5.11 Å². The van der Waals surface area contributed by atoms with Crippen molar-refractivity contribution >= 4 is 16.0 Å². The topological polar surface area (TPSA) is 154 Å². The highest BCUT2D eigenvalue weighted by atomic mass is 32.2. The van der Waals surface area contributed by atoms with E-state index in [1.54, 1.807) is 0 Å². The molecule has 0 saturated heterocycles. The maximum absolute atomic E-state index is 12.0. The number of rotatable bonds is 5. The van der Waals surface area contributed by atoms with E-state index in [9.17, 15) is 13.2 Å². The van der Waals surface area contributed by atoms with E-state index in [0.29, 0.717) is 5.82 Å². The van der Waals surface area contributed by atoms with Crippen molar-refractivity contribution in [2.45, 2.75) is 18.0 Å². The first kappa shape index (κ1) is 13.2. The Kier molecular flexibility index (Phi) is 3.31. The number of carboxylic acid groups (broad SMARTS) is 1. The van der Waals surface area contributed by atoms with Gasteiger partial charge in [0, 0.05) is 0 Å². The number of sulfonamides is 1. The van der Waals surface area contributed by atoms with Crippen LogP contribution in [0.3, 0.4) is 0 Å². The average molecular weight is 286 g/mol. The van der Waals surface area contributed by atoms with Crippen LogP contribution in [-0.2, 0) is 10.0 Å². The van der Waals surface area contributed by atoms with E-state index in [1.807, 2.05) is 0 Å². The number of hydrogen-bond donors (Lipinski definition) is 4. The number of carbonyl (C=O) groups is 1. The molecule has 2 heterocycles. The number of hydrogen-bond acceptors (Lipinski definition) is 6. The summed E-state index contributed by atoms with van der Waals surface area (Å²) in [5, 5.41) is 20.0. The van der Waals surface area contributed by atoms with Gasteiger partial charge in [-0.25, -0.2) is 18.2 Å². The molecular weight excluding hydrogens is 276 g/mol. The minimum Gasteiger partial charge on any atom is -0.478 e. The number of H-pyrrole nitrogens is 2. The van der Waals surface area contributed by atoms with Gasteiger partial charge in [0.2, 0.25) is 0 Å². The largest absolute Gasteiger partial charge is 0.478 e. The predicted octanol–water partition coefficient (Wildman–Crippen LogP) is -0.734. The number of aromatic nitrogens is 5. The Morgan fingerprint density at radius 3 is 2.74 bits per heavy atom. The molecule has 0 radical (unpaired) electrons. The Morgan fingerprint density at radius 2 is 2.16 bits per heavy atom. The van der Waals surface area contributed by atoms with Crippen molar-refractivity contribution in [3.8, 4) is 0 Å². The van der Waals surface area contributed by atoms with Crippen LogP contribution >= 0.6 is 0 Å². The maximum Gasteiger partial charge on any atom is 0.340 e. The Balaban J connectivity index is 2.28. The number of aromatic carboxylic acids is 1. The van der Waals surface area contributed by atoms with Gasteiger partial charge in [0.15, 0.2) is 5.03 Å². The van der Waals surface area contributed by atoms with Gasteiger partial charge in [-0.05, 0) is 6.92 Å². The van der Waals surface area contributed by atoms with Crippen LogP contribution in [0, 0.1) is 0 Å². The Labute approximate surface area is 107 Å². The molecule has 0 amide bonds. The van der Waals surface area contributed by atoms with Crippen LogP contribution in [0.15, 0.2) is 17.6 Å². The first-order valence-electron chi connectivity index (χ1n) is 5.06. The molecule has 0 fully saturated rings. The summed E-state index contributed by atoms with van der Waals surface area (Å²) in [4.78, 5) is 14.7. The summed E-state index contributed by atoms with van der Waals surface area (Å²) in [6.07, 6.45) is 2.16. The molecule has 102 valence electrons. The lowest BCUT2D eigenvalue weighted by Crippen LogP contribution is -2.29. The highest BCUT2D eigenvalue weighted by molar-refractivity contribution is 7.89. The summed E-state index contributed by atoms with van der Waals surface area (Å²) in [6.45, 7) is 1.54. The van der Waals surface area contributed by atoms with Crippen molar-refractivity contribution in [1.29, 1.82) is 0 Å². The highest BCUT2D eigenvalue weighted by Crippen LogP contribution is 2.15. The number of carboxylic acids is 1.